The van der Waals surface area contributed by atoms with Crippen molar-refractivity contribution >= 4 is 29.3 Å². The molecule has 0 atom stereocenters. The van der Waals surface area contributed by atoms with Crippen molar-refractivity contribution in [3.05, 3.63) is 89.5 Å². The highest BCUT2D eigenvalue weighted by atomic mass is 32.2. The Kier molecular flexibility index (Phi) is 7.78. The number of amides is 1. The number of hydrogen-bond donors (Lipinski definition) is 1. The average molecular weight is 515 g/mol. The Morgan fingerprint density at radius 2 is 1.57 bits per heavy atom. The number of benzene rings is 3. The van der Waals surface area contributed by atoms with Gasteiger partial charge in [0.15, 0.2) is 11.0 Å². The van der Waals surface area contributed by atoms with E-state index in [9.17, 15) is 9.59 Å². The molecule has 4 aromatic rings. The number of nitrogens with one attached hydrogen (secondary N) is 1. The Bertz CT molecular complexity index is 1390. The molecule has 0 saturated heterocycles. The van der Waals surface area contributed by atoms with Gasteiger partial charge in [0.25, 0.3) is 0 Å². The normalized spacial score (nSPS) is 11.3. The highest BCUT2D eigenvalue weighted by molar-refractivity contribution is 7.99. The summed E-state index contributed by atoms with van der Waals surface area (Å²) in [5.41, 5.74) is 5.33. The van der Waals surface area contributed by atoms with E-state index in [0.717, 1.165) is 16.8 Å². The second-order valence-electron chi connectivity index (χ2n) is 9.71. The van der Waals surface area contributed by atoms with Gasteiger partial charge in [0, 0.05) is 16.9 Å². The number of methoxy groups -OCH3 is 1. The third-order valence-electron chi connectivity index (χ3n) is 5.86. The first-order valence-corrected chi connectivity index (χ1v) is 12.9. The topological polar surface area (TPSA) is 86.1 Å². The van der Waals surface area contributed by atoms with Crippen LogP contribution in [0.3, 0.4) is 0 Å². The van der Waals surface area contributed by atoms with Crippen molar-refractivity contribution in [2.75, 3.05) is 18.2 Å². The highest BCUT2D eigenvalue weighted by Crippen LogP contribution is 2.30. The Morgan fingerprint density at radius 3 is 2.16 bits per heavy atom. The number of aryl methyl sites for hydroxylation is 1. The van der Waals surface area contributed by atoms with Crippen LogP contribution in [0.2, 0.25) is 0 Å². The van der Waals surface area contributed by atoms with Gasteiger partial charge in [-0.2, -0.15) is 0 Å². The lowest BCUT2D eigenvalue weighted by atomic mass is 9.87. The summed E-state index contributed by atoms with van der Waals surface area (Å²) in [5, 5.41) is 12.4. The molecule has 0 unspecified atom stereocenters. The second-order valence-corrected chi connectivity index (χ2v) is 10.7. The fraction of sp³-hybridized carbons (Fsp3) is 0.241. The van der Waals surface area contributed by atoms with Crippen LogP contribution in [0, 0.1) is 6.92 Å². The van der Waals surface area contributed by atoms with E-state index in [-0.39, 0.29) is 17.1 Å². The Labute approximate surface area is 221 Å². The highest BCUT2D eigenvalue weighted by Gasteiger charge is 2.19. The van der Waals surface area contributed by atoms with Crippen molar-refractivity contribution < 1.29 is 14.3 Å². The van der Waals surface area contributed by atoms with Gasteiger partial charge in [0.2, 0.25) is 5.91 Å². The Morgan fingerprint density at radius 1 is 0.919 bits per heavy atom. The molecule has 0 saturated carbocycles. The van der Waals surface area contributed by atoms with Crippen molar-refractivity contribution in [1.29, 1.82) is 0 Å². The van der Waals surface area contributed by atoms with E-state index in [1.807, 2.05) is 35.8 Å². The maximum Gasteiger partial charge on any atom is 0.337 e. The minimum Gasteiger partial charge on any atom is -0.465 e. The molecule has 0 spiro atoms. The average Bonchev–Trinajstić information content (AvgIpc) is 3.31. The SMILES string of the molecule is COC(=O)c1ccc(NC(=O)CSc2nnc(-c3ccc(C(C)(C)C)cc3)n2-c2ccc(C)cc2)cc1. The summed E-state index contributed by atoms with van der Waals surface area (Å²) in [6.07, 6.45) is 0. The number of aromatic nitrogens is 3. The molecule has 0 fully saturated rings. The fourth-order valence-corrected chi connectivity index (χ4v) is 4.48. The zero-order valence-electron chi connectivity index (χ0n) is 21.6. The molecule has 37 heavy (non-hydrogen) atoms. The van der Waals surface area contributed by atoms with E-state index in [4.69, 9.17) is 4.74 Å². The molecule has 1 heterocycles. The van der Waals surface area contributed by atoms with Crippen molar-refractivity contribution in [3.63, 3.8) is 0 Å². The summed E-state index contributed by atoms with van der Waals surface area (Å²) in [6, 6.07) is 23.1. The van der Waals surface area contributed by atoms with Gasteiger partial charge in [-0.1, -0.05) is 74.5 Å². The molecule has 0 aliphatic heterocycles. The molecule has 0 radical (unpaired) electrons. The van der Waals surface area contributed by atoms with Crippen molar-refractivity contribution in [2.45, 2.75) is 38.3 Å². The van der Waals surface area contributed by atoms with Crippen LogP contribution in [-0.2, 0) is 14.9 Å². The van der Waals surface area contributed by atoms with Gasteiger partial charge in [-0.3, -0.25) is 9.36 Å². The van der Waals surface area contributed by atoms with Crippen molar-refractivity contribution in [1.82, 2.24) is 14.8 Å². The Balaban J connectivity index is 1.55. The maximum absolute atomic E-state index is 12.7. The van der Waals surface area contributed by atoms with E-state index in [1.165, 1.54) is 24.4 Å². The quantitative estimate of drug-likeness (QED) is 0.238. The predicted molar refractivity (Wildman–Crippen MR) is 147 cm³/mol. The molecule has 3 aromatic carbocycles. The van der Waals surface area contributed by atoms with E-state index in [1.54, 1.807) is 24.3 Å². The van der Waals surface area contributed by atoms with Gasteiger partial charge >= 0.3 is 5.97 Å². The van der Waals surface area contributed by atoms with Crippen LogP contribution in [0.1, 0.15) is 42.3 Å². The number of carbonyl (C=O) groups excluding carboxylic acids is 2. The monoisotopic (exact) mass is 514 g/mol. The predicted octanol–water partition coefficient (Wildman–Crippen LogP) is 6.06. The molecule has 8 heteroatoms. The molecular formula is C29H30N4O3S. The Hall–Kier alpha value is -3.91. The van der Waals surface area contributed by atoms with Crippen LogP contribution in [0.5, 0.6) is 0 Å². The number of nitrogens with zero attached hydrogens (tertiary/aromatic N) is 3. The number of hydrogen-bond acceptors (Lipinski definition) is 6. The largest absolute Gasteiger partial charge is 0.465 e. The summed E-state index contributed by atoms with van der Waals surface area (Å²) in [5.74, 6) is 0.245. The van der Waals surface area contributed by atoms with Gasteiger partial charge in [0.1, 0.15) is 0 Å². The van der Waals surface area contributed by atoms with Crippen LogP contribution in [0.15, 0.2) is 78.0 Å². The fourth-order valence-electron chi connectivity index (χ4n) is 3.73. The van der Waals surface area contributed by atoms with Gasteiger partial charge < -0.3 is 10.1 Å². The van der Waals surface area contributed by atoms with Crippen LogP contribution in [0.25, 0.3) is 17.1 Å². The minimum absolute atomic E-state index is 0.0527. The van der Waals surface area contributed by atoms with E-state index < -0.39 is 5.97 Å². The first-order chi connectivity index (χ1) is 17.7. The van der Waals surface area contributed by atoms with Gasteiger partial charge in [0.05, 0.1) is 18.4 Å². The third kappa shape index (κ3) is 6.27. The molecule has 1 aromatic heterocycles. The van der Waals surface area contributed by atoms with Crippen molar-refractivity contribution in [2.24, 2.45) is 0 Å². The number of ether oxygens (including phenoxy) is 1. The van der Waals surface area contributed by atoms with Crippen LogP contribution < -0.4 is 5.32 Å². The molecular weight excluding hydrogens is 484 g/mol. The summed E-state index contributed by atoms with van der Waals surface area (Å²) in [6.45, 7) is 8.60. The second kappa shape index (κ2) is 11.0. The first-order valence-electron chi connectivity index (χ1n) is 11.9. The molecule has 4 rings (SSSR count). The van der Waals surface area contributed by atoms with Gasteiger partial charge in [-0.05, 0) is 54.3 Å². The number of anilines is 1. The first kappa shape index (κ1) is 26.2. The molecule has 1 N–H and O–H groups in total. The summed E-state index contributed by atoms with van der Waals surface area (Å²) in [4.78, 5) is 24.3. The van der Waals surface area contributed by atoms with Gasteiger partial charge in [-0.15, -0.1) is 10.2 Å². The summed E-state index contributed by atoms with van der Waals surface area (Å²) >= 11 is 1.31. The van der Waals surface area contributed by atoms with E-state index in [0.29, 0.717) is 22.2 Å². The standard InChI is InChI=1S/C29H30N4O3S/c1-19-6-16-24(17-7-19)33-26(20-8-12-22(13-9-20)29(2,3)4)31-32-28(33)37-18-25(34)30-23-14-10-21(11-15-23)27(35)36-5/h6-17H,18H2,1-5H3,(H,30,34). The number of esters is 1. The number of carbonyl (C=O) groups is 2. The zero-order chi connectivity index (χ0) is 26.6. The van der Waals surface area contributed by atoms with Gasteiger partial charge in [-0.25, -0.2) is 4.79 Å². The van der Waals surface area contributed by atoms with Crippen molar-refractivity contribution in [3.8, 4) is 17.1 Å². The van der Waals surface area contributed by atoms with Crippen LogP contribution in [0.4, 0.5) is 5.69 Å². The van der Waals surface area contributed by atoms with E-state index in [2.05, 4.69) is 60.6 Å². The maximum atomic E-state index is 12.7. The lowest BCUT2D eigenvalue weighted by molar-refractivity contribution is -0.113. The summed E-state index contributed by atoms with van der Waals surface area (Å²) in [7, 11) is 1.33. The molecule has 0 aliphatic carbocycles. The molecule has 0 bridgehead atoms. The third-order valence-corrected chi connectivity index (χ3v) is 6.79. The minimum atomic E-state index is -0.423. The molecule has 190 valence electrons. The van der Waals surface area contributed by atoms with Crippen LogP contribution >= 0.6 is 11.8 Å². The molecule has 7 nitrogen and oxygen atoms in total. The smallest absolute Gasteiger partial charge is 0.337 e. The number of thioether (sulfide) groups is 1. The van der Waals surface area contributed by atoms with E-state index >= 15 is 0 Å². The zero-order valence-corrected chi connectivity index (χ0v) is 22.4. The molecule has 0 aliphatic rings. The summed E-state index contributed by atoms with van der Waals surface area (Å²) < 4.78 is 6.69. The lowest BCUT2D eigenvalue weighted by Crippen LogP contribution is -2.14. The number of rotatable bonds is 7. The lowest BCUT2D eigenvalue weighted by Gasteiger charge is -2.19. The van der Waals surface area contributed by atoms with Crippen LogP contribution in [-0.4, -0.2) is 39.5 Å². The molecule has 1 amide bonds.